The van der Waals surface area contributed by atoms with Gasteiger partial charge in [-0.15, -0.1) is 0 Å². The number of hydrogen-bond donors (Lipinski definition) is 2. The second kappa shape index (κ2) is 5.78. The molecule has 0 heterocycles. The normalized spacial score (nSPS) is 10.8. The fraction of sp³-hybridized carbons (Fsp3) is 1.00. The molecule has 0 amide bonds. The van der Waals surface area contributed by atoms with Crippen molar-refractivity contribution in [2.24, 2.45) is 10.3 Å². The highest BCUT2D eigenvalue weighted by Crippen LogP contribution is 1.88. The second-order valence-corrected chi connectivity index (χ2v) is 3.48. The van der Waals surface area contributed by atoms with Gasteiger partial charge in [-0.2, -0.15) is 8.42 Å². The van der Waals surface area contributed by atoms with Crippen molar-refractivity contribution in [1.82, 2.24) is 4.72 Å². The Balaban J connectivity index is 3.28. The minimum absolute atomic E-state index is 0.278. The summed E-state index contributed by atoms with van der Waals surface area (Å²) in [5.41, 5.74) is 7.88. The molecular weight excluding hydrogens is 182 g/mol. The molecule has 0 aromatic rings. The smallest absolute Gasteiger partial charge is 0.216 e. The van der Waals surface area contributed by atoms with Gasteiger partial charge < -0.3 is 0 Å². The first kappa shape index (κ1) is 11.2. The van der Waals surface area contributed by atoms with Gasteiger partial charge in [-0.3, -0.25) is 0 Å². The lowest BCUT2D eigenvalue weighted by Gasteiger charge is -1.98. The van der Waals surface area contributed by atoms with Crippen molar-refractivity contribution in [3.63, 3.8) is 0 Å². The Bertz CT molecular complexity index is 255. The average Bonchev–Trinajstić information content (AvgIpc) is 1.94. The summed E-state index contributed by atoms with van der Waals surface area (Å²) in [5, 5.41) is 7.93. The van der Waals surface area contributed by atoms with Crippen LogP contribution in [0.15, 0.2) is 5.11 Å². The van der Waals surface area contributed by atoms with Gasteiger partial charge in [0, 0.05) is 18.0 Å². The molecule has 0 rings (SSSR count). The fourth-order valence-electron chi connectivity index (χ4n) is 0.567. The van der Waals surface area contributed by atoms with Gasteiger partial charge in [-0.1, -0.05) is 5.11 Å². The number of azide groups is 1. The van der Waals surface area contributed by atoms with Gasteiger partial charge in [0.15, 0.2) is 0 Å². The van der Waals surface area contributed by atoms with E-state index < -0.39 is 10.2 Å². The first-order valence-corrected chi connectivity index (χ1v) is 4.89. The Morgan fingerprint density at radius 1 is 1.50 bits per heavy atom. The zero-order chi connectivity index (χ0) is 9.45. The summed E-state index contributed by atoms with van der Waals surface area (Å²) in [5.74, 6) is 0. The second-order valence-electron chi connectivity index (χ2n) is 2.10. The van der Waals surface area contributed by atoms with Crippen LogP contribution in [0.25, 0.3) is 10.4 Å². The van der Waals surface area contributed by atoms with Crippen molar-refractivity contribution < 1.29 is 8.42 Å². The summed E-state index contributed by atoms with van der Waals surface area (Å²) in [6.45, 7) is 0.655. The quantitative estimate of drug-likeness (QED) is 0.264. The van der Waals surface area contributed by atoms with Crippen molar-refractivity contribution in [2.75, 3.05) is 13.1 Å². The molecule has 70 valence electrons. The lowest BCUT2D eigenvalue weighted by molar-refractivity contribution is 0.579. The Kier molecular flexibility index (Phi) is 5.39. The van der Waals surface area contributed by atoms with Gasteiger partial charge in [0.2, 0.25) is 0 Å². The van der Waals surface area contributed by atoms with E-state index in [1.54, 1.807) is 0 Å². The van der Waals surface area contributed by atoms with Gasteiger partial charge >= 0.3 is 0 Å². The fourth-order valence-corrected chi connectivity index (χ4v) is 0.996. The van der Waals surface area contributed by atoms with E-state index in [1.807, 2.05) is 0 Å². The van der Waals surface area contributed by atoms with Crippen molar-refractivity contribution in [1.29, 1.82) is 0 Å². The lowest BCUT2D eigenvalue weighted by Crippen LogP contribution is -2.31. The number of hydrogen-bond acceptors (Lipinski definition) is 3. The molecule has 0 atom stereocenters. The summed E-state index contributed by atoms with van der Waals surface area (Å²) < 4.78 is 22.7. The van der Waals surface area contributed by atoms with E-state index >= 15 is 0 Å². The molecule has 0 saturated carbocycles. The summed E-state index contributed by atoms with van der Waals surface area (Å²) >= 11 is 0. The molecule has 8 heteroatoms. The van der Waals surface area contributed by atoms with E-state index in [1.165, 1.54) is 0 Å². The van der Waals surface area contributed by atoms with Crippen molar-refractivity contribution in [3.05, 3.63) is 10.4 Å². The number of nitrogens with two attached hydrogens (primary N) is 1. The van der Waals surface area contributed by atoms with Crippen LogP contribution in [-0.2, 0) is 10.2 Å². The van der Waals surface area contributed by atoms with Crippen LogP contribution in [0.2, 0.25) is 0 Å². The van der Waals surface area contributed by atoms with Gasteiger partial charge in [-0.05, 0) is 18.4 Å². The summed E-state index contributed by atoms with van der Waals surface area (Å²) in [6.07, 6.45) is 1.25. The first-order valence-electron chi connectivity index (χ1n) is 3.34. The van der Waals surface area contributed by atoms with Crippen LogP contribution >= 0.6 is 0 Å². The molecule has 0 unspecified atom stereocenters. The zero-order valence-corrected chi connectivity index (χ0v) is 7.29. The maximum absolute atomic E-state index is 10.3. The van der Waals surface area contributed by atoms with Crippen LogP contribution in [0.1, 0.15) is 12.8 Å². The van der Waals surface area contributed by atoms with Crippen molar-refractivity contribution in [2.45, 2.75) is 12.8 Å². The molecule has 0 radical (unpaired) electrons. The number of rotatable bonds is 6. The van der Waals surface area contributed by atoms with E-state index in [0.717, 1.165) is 0 Å². The number of nitrogens with one attached hydrogen (secondary N) is 1. The molecule has 3 N–H and O–H groups in total. The SMILES string of the molecule is [N-]=[N+]=NCCCCNS(N)(=O)=O. The van der Waals surface area contributed by atoms with Gasteiger partial charge in [0.1, 0.15) is 0 Å². The van der Waals surface area contributed by atoms with Gasteiger partial charge in [0.05, 0.1) is 0 Å². The molecule has 0 spiro atoms. The lowest BCUT2D eigenvalue weighted by atomic mass is 10.3. The standard InChI is InChI=1S/C4H11N5O2S/c5-9-7-3-1-2-4-8-12(6,10)11/h8H,1-4H2,(H2,6,10,11). The highest BCUT2D eigenvalue weighted by molar-refractivity contribution is 7.87. The van der Waals surface area contributed by atoms with E-state index in [9.17, 15) is 8.42 Å². The molecule has 0 fully saturated rings. The minimum atomic E-state index is -3.57. The Labute approximate surface area is 70.8 Å². The van der Waals surface area contributed by atoms with Crippen LogP contribution in [0, 0.1) is 0 Å². The third-order valence-corrected chi connectivity index (χ3v) is 1.66. The van der Waals surface area contributed by atoms with Crippen molar-refractivity contribution in [3.8, 4) is 0 Å². The third-order valence-electron chi connectivity index (χ3n) is 1.05. The van der Waals surface area contributed by atoms with Crippen LogP contribution < -0.4 is 9.86 Å². The molecule has 0 aromatic carbocycles. The molecule has 0 bridgehead atoms. The van der Waals surface area contributed by atoms with Crippen LogP contribution in [0.4, 0.5) is 0 Å². The monoisotopic (exact) mass is 193 g/mol. The molecule has 0 saturated heterocycles. The molecule has 0 aliphatic rings. The van der Waals surface area contributed by atoms with Crippen molar-refractivity contribution >= 4 is 10.2 Å². The summed E-state index contributed by atoms with van der Waals surface area (Å²) in [6, 6.07) is 0. The third kappa shape index (κ3) is 9.18. The molecule has 0 aliphatic heterocycles. The Morgan fingerprint density at radius 2 is 2.17 bits per heavy atom. The summed E-state index contributed by atoms with van der Waals surface area (Å²) in [4.78, 5) is 2.54. The van der Waals surface area contributed by atoms with E-state index in [4.69, 9.17) is 5.53 Å². The number of unbranched alkanes of at least 4 members (excludes halogenated alkanes) is 1. The average molecular weight is 193 g/mol. The number of nitrogens with zero attached hydrogens (tertiary/aromatic N) is 3. The van der Waals surface area contributed by atoms with E-state index in [2.05, 4.69) is 19.9 Å². The van der Waals surface area contributed by atoms with E-state index in [-0.39, 0.29) is 6.54 Å². The Hall–Kier alpha value is -0.820. The van der Waals surface area contributed by atoms with Gasteiger partial charge in [-0.25, -0.2) is 9.86 Å². The molecular formula is C4H11N5O2S. The largest absolute Gasteiger partial charge is 0.274 e. The molecule has 0 aliphatic carbocycles. The predicted octanol–water partition coefficient (Wildman–Crippen LogP) is -0.130. The van der Waals surface area contributed by atoms with Crippen LogP contribution in [-0.4, -0.2) is 21.5 Å². The highest BCUT2D eigenvalue weighted by Gasteiger charge is 1.97. The maximum Gasteiger partial charge on any atom is 0.274 e. The maximum atomic E-state index is 10.3. The zero-order valence-electron chi connectivity index (χ0n) is 6.47. The van der Waals surface area contributed by atoms with Crippen LogP contribution in [0.5, 0.6) is 0 Å². The Morgan fingerprint density at radius 3 is 2.67 bits per heavy atom. The predicted molar refractivity (Wildman–Crippen MR) is 44.4 cm³/mol. The van der Waals surface area contributed by atoms with Crippen LogP contribution in [0.3, 0.4) is 0 Å². The minimum Gasteiger partial charge on any atom is -0.216 e. The topological polar surface area (TPSA) is 121 Å². The molecule has 7 nitrogen and oxygen atoms in total. The highest BCUT2D eigenvalue weighted by atomic mass is 32.2. The molecule has 12 heavy (non-hydrogen) atoms. The molecule has 0 aromatic heterocycles. The van der Waals surface area contributed by atoms with Gasteiger partial charge in [0.25, 0.3) is 10.2 Å². The first-order chi connectivity index (χ1) is 5.56. The summed E-state index contributed by atoms with van der Waals surface area (Å²) in [7, 11) is -3.57. The van der Waals surface area contributed by atoms with E-state index in [0.29, 0.717) is 19.4 Å².